The number of ether oxygens (including phenoxy) is 1. The molecule has 1 aromatic rings. The lowest BCUT2D eigenvalue weighted by atomic mass is 10.5. The van der Waals surface area contributed by atoms with Crippen LogP contribution in [0.1, 0.15) is 6.92 Å². The molecule has 0 aliphatic carbocycles. The van der Waals surface area contributed by atoms with E-state index in [1.807, 2.05) is 0 Å². The molecule has 0 amide bonds. The van der Waals surface area contributed by atoms with E-state index in [1.165, 1.54) is 7.11 Å². The molecule has 1 rings (SSSR count). The van der Waals surface area contributed by atoms with Gasteiger partial charge in [-0.05, 0) is 6.92 Å². The van der Waals surface area contributed by atoms with Gasteiger partial charge in [-0.15, -0.1) is 0 Å². The summed E-state index contributed by atoms with van der Waals surface area (Å²) in [6.45, 7) is 2.30. The topological polar surface area (TPSA) is 86.0 Å². The van der Waals surface area contributed by atoms with Gasteiger partial charge in [0.15, 0.2) is 0 Å². The zero-order chi connectivity index (χ0) is 11.3. The fraction of sp³-hybridized carbons (Fsp3) is 0.375. The third-order valence-corrected chi connectivity index (χ3v) is 1.61. The average molecular weight is 230 g/mol. The zero-order valence-electron chi connectivity index (χ0n) is 8.49. The smallest absolute Gasteiger partial charge is 0.322 e. The molecule has 0 radical (unpaired) electrons. The summed E-state index contributed by atoms with van der Waals surface area (Å²) in [6.07, 6.45) is 1.79. The molecule has 0 spiro atoms. The van der Waals surface area contributed by atoms with Crippen LogP contribution in [0.5, 0.6) is 6.01 Å². The Morgan fingerprint density at radius 1 is 1.53 bits per heavy atom. The fourth-order valence-electron chi connectivity index (χ4n) is 0.825. The van der Waals surface area contributed by atoms with Crippen molar-refractivity contribution in [2.75, 3.05) is 24.7 Å². The van der Waals surface area contributed by atoms with Crippen molar-refractivity contribution in [3.63, 3.8) is 0 Å². The van der Waals surface area contributed by atoms with Crippen LogP contribution >= 0.6 is 11.6 Å². The normalized spacial score (nSPS) is 11.3. The summed E-state index contributed by atoms with van der Waals surface area (Å²) in [5, 5.41) is 3.60. The molecule has 0 unspecified atom stereocenters. The summed E-state index contributed by atoms with van der Waals surface area (Å²) in [5.74, 6) is 0.462. The molecule has 0 saturated heterocycles. The minimum Gasteiger partial charge on any atom is -0.467 e. The van der Waals surface area contributed by atoms with Crippen molar-refractivity contribution in [2.24, 2.45) is 0 Å². The van der Waals surface area contributed by atoms with E-state index >= 15 is 0 Å². The molecule has 1 heterocycles. The molecule has 0 atom stereocenters. The lowest BCUT2D eigenvalue weighted by Gasteiger charge is -2.04. The van der Waals surface area contributed by atoms with Gasteiger partial charge in [0, 0.05) is 11.6 Å². The molecule has 6 nitrogen and oxygen atoms in total. The van der Waals surface area contributed by atoms with Crippen LogP contribution in [-0.2, 0) is 0 Å². The van der Waals surface area contributed by atoms with Crippen LogP contribution < -0.4 is 15.8 Å². The minimum atomic E-state index is 0.107. The molecule has 15 heavy (non-hydrogen) atoms. The molecular formula is C8H12ClN5O. The van der Waals surface area contributed by atoms with Crippen molar-refractivity contribution in [1.82, 2.24) is 15.0 Å². The van der Waals surface area contributed by atoms with Gasteiger partial charge in [-0.2, -0.15) is 15.0 Å². The Morgan fingerprint density at radius 3 is 2.87 bits per heavy atom. The molecule has 1 aromatic heterocycles. The van der Waals surface area contributed by atoms with E-state index in [1.54, 1.807) is 13.0 Å². The third-order valence-electron chi connectivity index (χ3n) is 1.46. The van der Waals surface area contributed by atoms with Gasteiger partial charge in [0.25, 0.3) is 0 Å². The first kappa shape index (κ1) is 11.5. The summed E-state index contributed by atoms with van der Waals surface area (Å²) < 4.78 is 4.84. The number of rotatable bonds is 4. The summed E-state index contributed by atoms with van der Waals surface area (Å²) >= 11 is 5.65. The number of hydrogen-bond acceptors (Lipinski definition) is 6. The zero-order valence-corrected chi connectivity index (χ0v) is 9.25. The average Bonchev–Trinajstić information content (AvgIpc) is 2.16. The summed E-state index contributed by atoms with van der Waals surface area (Å²) in [7, 11) is 1.46. The van der Waals surface area contributed by atoms with Crippen LogP contribution in [0.2, 0.25) is 0 Å². The van der Waals surface area contributed by atoms with Gasteiger partial charge in [-0.1, -0.05) is 17.7 Å². The predicted octanol–water partition coefficient (Wildman–Crippen LogP) is 1.02. The Morgan fingerprint density at radius 2 is 2.27 bits per heavy atom. The second-order valence-corrected chi connectivity index (χ2v) is 3.27. The predicted molar refractivity (Wildman–Crippen MR) is 58.9 cm³/mol. The third kappa shape index (κ3) is 3.99. The van der Waals surface area contributed by atoms with Crippen LogP contribution in [-0.4, -0.2) is 28.6 Å². The molecule has 0 bridgehead atoms. The monoisotopic (exact) mass is 229 g/mol. The van der Waals surface area contributed by atoms with Crippen LogP contribution in [0.3, 0.4) is 0 Å². The maximum Gasteiger partial charge on any atom is 0.322 e. The number of nitrogens with two attached hydrogens (primary N) is 1. The highest BCUT2D eigenvalue weighted by molar-refractivity contribution is 6.29. The van der Waals surface area contributed by atoms with E-state index in [-0.39, 0.29) is 12.0 Å². The van der Waals surface area contributed by atoms with Crippen molar-refractivity contribution in [3.05, 3.63) is 11.1 Å². The van der Waals surface area contributed by atoms with Crippen molar-refractivity contribution in [2.45, 2.75) is 6.92 Å². The van der Waals surface area contributed by atoms with Crippen molar-refractivity contribution >= 4 is 23.5 Å². The molecule has 0 aromatic carbocycles. The van der Waals surface area contributed by atoms with Crippen LogP contribution in [0.4, 0.5) is 11.9 Å². The summed E-state index contributed by atoms with van der Waals surface area (Å²) in [4.78, 5) is 11.6. The number of aromatic nitrogens is 3. The lowest BCUT2D eigenvalue weighted by Crippen LogP contribution is -2.08. The van der Waals surface area contributed by atoms with Crippen LogP contribution in [0.15, 0.2) is 11.1 Å². The first-order valence-corrected chi connectivity index (χ1v) is 4.61. The van der Waals surface area contributed by atoms with Crippen LogP contribution in [0, 0.1) is 0 Å². The van der Waals surface area contributed by atoms with Crippen molar-refractivity contribution in [1.29, 1.82) is 0 Å². The number of nitrogen functional groups attached to an aromatic ring is 1. The van der Waals surface area contributed by atoms with Gasteiger partial charge in [-0.25, -0.2) is 0 Å². The number of nitrogens with one attached hydrogen (secondary N) is 1. The second kappa shape index (κ2) is 5.35. The fourth-order valence-corrected chi connectivity index (χ4v) is 0.903. The van der Waals surface area contributed by atoms with E-state index < -0.39 is 0 Å². The number of methoxy groups -OCH3 is 1. The van der Waals surface area contributed by atoms with Crippen LogP contribution in [0.25, 0.3) is 0 Å². The van der Waals surface area contributed by atoms with E-state index in [2.05, 4.69) is 20.3 Å². The molecule has 0 fully saturated rings. The Hall–Kier alpha value is -1.56. The Labute approximate surface area is 92.5 Å². The summed E-state index contributed by atoms with van der Waals surface area (Å²) in [5.41, 5.74) is 5.44. The van der Waals surface area contributed by atoms with Gasteiger partial charge in [0.05, 0.1) is 7.11 Å². The number of anilines is 2. The van der Waals surface area contributed by atoms with Crippen molar-refractivity contribution in [3.8, 4) is 6.01 Å². The Kier molecular flexibility index (Phi) is 4.11. The second-order valence-electron chi connectivity index (χ2n) is 2.68. The quantitative estimate of drug-likeness (QED) is 0.802. The van der Waals surface area contributed by atoms with Gasteiger partial charge in [0.1, 0.15) is 0 Å². The summed E-state index contributed by atoms with van der Waals surface area (Å²) in [6, 6.07) is 0.177. The molecule has 7 heteroatoms. The maximum atomic E-state index is 5.65. The maximum absolute atomic E-state index is 5.65. The number of hydrogen-bond donors (Lipinski definition) is 2. The highest BCUT2D eigenvalue weighted by atomic mass is 35.5. The number of halogens is 1. The first-order chi connectivity index (χ1) is 7.11. The van der Waals surface area contributed by atoms with Gasteiger partial charge >= 0.3 is 6.01 Å². The van der Waals surface area contributed by atoms with E-state index in [0.717, 1.165) is 0 Å². The molecule has 0 aliphatic rings. The first-order valence-electron chi connectivity index (χ1n) is 4.23. The Bertz CT molecular complexity index is 364. The largest absolute Gasteiger partial charge is 0.467 e. The SMILES string of the molecule is COc1nc(N)nc(NC/C=C(\C)Cl)n1. The van der Waals surface area contributed by atoms with Gasteiger partial charge in [-0.3, -0.25) is 0 Å². The Balaban J connectivity index is 2.68. The molecule has 3 N–H and O–H groups in total. The number of nitrogens with zero attached hydrogens (tertiary/aromatic N) is 3. The molecule has 0 saturated carbocycles. The molecule has 82 valence electrons. The van der Waals surface area contributed by atoms with Gasteiger partial charge < -0.3 is 15.8 Å². The molecule has 0 aliphatic heterocycles. The highest BCUT2D eigenvalue weighted by Crippen LogP contribution is 2.08. The van der Waals surface area contributed by atoms with E-state index in [9.17, 15) is 0 Å². The van der Waals surface area contributed by atoms with E-state index in [4.69, 9.17) is 22.1 Å². The highest BCUT2D eigenvalue weighted by Gasteiger charge is 2.02. The lowest BCUT2D eigenvalue weighted by molar-refractivity contribution is 0.380. The standard InChI is InChI=1S/C8H12ClN5O/c1-5(9)3-4-11-7-12-6(10)13-8(14-7)15-2/h3H,4H2,1-2H3,(H3,10,11,12,13,14)/b5-3+. The van der Waals surface area contributed by atoms with Crippen molar-refractivity contribution < 1.29 is 4.74 Å². The van der Waals surface area contributed by atoms with Gasteiger partial charge in [0.2, 0.25) is 11.9 Å². The minimum absolute atomic E-state index is 0.107. The number of allylic oxidation sites excluding steroid dienone is 1. The van der Waals surface area contributed by atoms with E-state index in [0.29, 0.717) is 17.5 Å². The molecular weight excluding hydrogens is 218 g/mol.